The lowest BCUT2D eigenvalue weighted by Crippen LogP contribution is -1.91. The molecule has 0 heterocycles. The van der Waals surface area contributed by atoms with Crippen LogP contribution in [-0.4, -0.2) is 5.11 Å². The van der Waals surface area contributed by atoms with Crippen molar-refractivity contribution in [3.8, 4) is 39.1 Å². The van der Waals surface area contributed by atoms with E-state index in [0.29, 0.717) is 5.75 Å². The molecule has 0 bridgehead atoms. The minimum absolute atomic E-state index is 0.296. The van der Waals surface area contributed by atoms with E-state index in [0.717, 1.165) is 33.4 Å². The molecule has 0 unspecified atom stereocenters. The molecule has 0 aliphatic rings. The van der Waals surface area contributed by atoms with Crippen LogP contribution in [0.2, 0.25) is 0 Å². The van der Waals surface area contributed by atoms with Crippen LogP contribution in [-0.2, 0) is 0 Å². The van der Waals surface area contributed by atoms with Crippen molar-refractivity contribution in [2.75, 3.05) is 0 Å². The molecule has 0 radical (unpaired) electrons. The Hall–Kier alpha value is -3.32. The van der Waals surface area contributed by atoms with Crippen LogP contribution in [0.25, 0.3) is 33.4 Å². The van der Waals surface area contributed by atoms with Crippen LogP contribution < -0.4 is 0 Å². The van der Waals surface area contributed by atoms with E-state index < -0.39 is 0 Å². The van der Waals surface area contributed by atoms with Gasteiger partial charge in [0.2, 0.25) is 0 Å². The molecule has 1 nitrogen and oxygen atoms in total. The van der Waals surface area contributed by atoms with E-state index in [2.05, 4.69) is 24.3 Å². The highest BCUT2D eigenvalue weighted by molar-refractivity contribution is 5.97. The van der Waals surface area contributed by atoms with E-state index >= 15 is 0 Å². The number of hydrogen-bond donors (Lipinski definition) is 1. The minimum atomic E-state index is 0.296. The number of phenols is 1. The molecule has 0 fully saturated rings. The van der Waals surface area contributed by atoms with Crippen LogP contribution in [0.4, 0.5) is 0 Å². The molecule has 1 N–H and O–H groups in total. The molecule has 0 saturated carbocycles. The molecular formula is C24H18O. The second-order valence-corrected chi connectivity index (χ2v) is 5.98. The van der Waals surface area contributed by atoms with Crippen molar-refractivity contribution in [3.63, 3.8) is 0 Å². The van der Waals surface area contributed by atoms with Gasteiger partial charge in [-0.05, 0) is 28.3 Å². The maximum absolute atomic E-state index is 10.7. The van der Waals surface area contributed by atoms with Gasteiger partial charge >= 0.3 is 0 Å². The normalized spacial score (nSPS) is 10.6. The van der Waals surface area contributed by atoms with Crippen molar-refractivity contribution in [1.29, 1.82) is 0 Å². The highest BCUT2D eigenvalue weighted by Crippen LogP contribution is 2.44. The molecular weight excluding hydrogens is 304 g/mol. The van der Waals surface area contributed by atoms with Gasteiger partial charge in [-0.2, -0.15) is 0 Å². The van der Waals surface area contributed by atoms with Gasteiger partial charge in [-0.15, -0.1) is 0 Å². The Bertz CT molecular complexity index is 974. The highest BCUT2D eigenvalue weighted by atomic mass is 16.3. The first kappa shape index (κ1) is 15.2. The Kier molecular flexibility index (Phi) is 4.05. The van der Waals surface area contributed by atoms with Crippen molar-refractivity contribution < 1.29 is 5.11 Å². The van der Waals surface area contributed by atoms with Crippen LogP contribution >= 0.6 is 0 Å². The number of phenolic OH excluding ortho intramolecular Hbond substituents is 1. The fourth-order valence-electron chi connectivity index (χ4n) is 3.25. The van der Waals surface area contributed by atoms with E-state index in [1.54, 1.807) is 6.07 Å². The second kappa shape index (κ2) is 6.66. The first-order chi connectivity index (χ1) is 12.3. The largest absolute Gasteiger partial charge is 0.507 e. The Labute approximate surface area is 147 Å². The molecule has 120 valence electrons. The quantitative estimate of drug-likeness (QED) is 0.463. The molecule has 1 heteroatoms. The van der Waals surface area contributed by atoms with Gasteiger partial charge in [0, 0.05) is 11.1 Å². The van der Waals surface area contributed by atoms with Gasteiger partial charge in [0.15, 0.2) is 0 Å². The second-order valence-electron chi connectivity index (χ2n) is 5.98. The summed E-state index contributed by atoms with van der Waals surface area (Å²) in [5.74, 6) is 0.296. The smallest absolute Gasteiger partial charge is 0.124 e. The van der Waals surface area contributed by atoms with Gasteiger partial charge in [0.25, 0.3) is 0 Å². The fraction of sp³-hybridized carbons (Fsp3) is 0. The van der Waals surface area contributed by atoms with Crippen LogP contribution in [0.15, 0.2) is 103 Å². The molecule has 0 atom stereocenters. The Morgan fingerprint density at radius 1 is 0.400 bits per heavy atom. The molecule has 0 aromatic heterocycles. The van der Waals surface area contributed by atoms with Crippen molar-refractivity contribution in [2.24, 2.45) is 0 Å². The summed E-state index contributed by atoms with van der Waals surface area (Å²) >= 11 is 0. The monoisotopic (exact) mass is 322 g/mol. The molecule has 4 rings (SSSR count). The molecule has 25 heavy (non-hydrogen) atoms. The average molecular weight is 322 g/mol. The number of hydrogen-bond acceptors (Lipinski definition) is 1. The maximum atomic E-state index is 10.7. The minimum Gasteiger partial charge on any atom is -0.507 e. The Morgan fingerprint density at radius 2 is 0.840 bits per heavy atom. The van der Waals surface area contributed by atoms with Gasteiger partial charge in [-0.3, -0.25) is 0 Å². The van der Waals surface area contributed by atoms with Crippen molar-refractivity contribution in [2.45, 2.75) is 0 Å². The molecule has 0 aliphatic heterocycles. The standard InChI is InChI=1S/C24H18O/c25-22-17-16-21(18-10-4-1-5-11-18)23(19-12-6-2-7-13-19)24(22)20-14-8-3-9-15-20/h1-17,25H. The summed E-state index contributed by atoms with van der Waals surface area (Å²) in [6.45, 7) is 0. The van der Waals surface area contributed by atoms with Crippen LogP contribution in [0, 0.1) is 0 Å². The highest BCUT2D eigenvalue weighted by Gasteiger charge is 2.17. The lowest BCUT2D eigenvalue weighted by Gasteiger charge is -2.17. The number of benzene rings is 4. The third-order valence-electron chi connectivity index (χ3n) is 4.39. The summed E-state index contributed by atoms with van der Waals surface area (Å²) in [6, 6.07) is 34.4. The third kappa shape index (κ3) is 2.92. The SMILES string of the molecule is Oc1ccc(-c2ccccc2)c(-c2ccccc2)c1-c1ccccc1. The Balaban J connectivity index is 2.08. The van der Waals surface area contributed by atoms with Crippen molar-refractivity contribution in [1.82, 2.24) is 0 Å². The summed E-state index contributed by atoms with van der Waals surface area (Å²) in [6.07, 6.45) is 0. The Morgan fingerprint density at radius 3 is 1.36 bits per heavy atom. The van der Waals surface area contributed by atoms with Gasteiger partial charge in [-0.1, -0.05) is 97.1 Å². The molecule has 0 saturated heterocycles. The van der Waals surface area contributed by atoms with Crippen LogP contribution in [0.5, 0.6) is 5.75 Å². The summed E-state index contributed by atoms with van der Waals surface area (Å²) < 4.78 is 0. The summed E-state index contributed by atoms with van der Waals surface area (Å²) in [7, 11) is 0. The van der Waals surface area contributed by atoms with Crippen molar-refractivity contribution >= 4 is 0 Å². The zero-order valence-electron chi connectivity index (χ0n) is 13.8. The molecule has 0 spiro atoms. The fourth-order valence-corrected chi connectivity index (χ4v) is 3.25. The van der Waals surface area contributed by atoms with Crippen molar-refractivity contribution in [3.05, 3.63) is 103 Å². The summed E-state index contributed by atoms with van der Waals surface area (Å²) in [5, 5.41) is 10.7. The molecule has 4 aromatic rings. The first-order valence-electron chi connectivity index (χ1n) is 8.37. The predicted molar refractivity (Wildman–Crippen MR) is 104 cm³/mol. The molecule has 4 aromatic carbocycles. The van der Waals surface area contributed by atoms with E-state index in [9.17, 15) is 5.11 Å². The third-order valence-corrected chi connectivity index (χ3v) is 4.39. The first-order valence-corrected chi connectivity index (χ1v) is 8.37. The molecule has 0 aliphatic carbocycles. The topological polar surface area (TPSA) is 20.2 Å². The van der Waals surface area contributed by atoms with Crippen LogP contribution in [0.1, 0.15) is 0 Å². The van der Waals surface area contributed by atoms with Crippen LogP contribution in [0.3, 0.4) is 0 Å². The van der Waals surface area contributed by atoms with Gasteiger partial charge in [0.1, 0.15) is 5.75 Å². The molecule has 0 amide bonds. The van der Waals surface area contributed by atoms with Gasteiger partial charge < -0.3 is 5.11 Å². The summed E-state index contributed by atoms with van der Waals surface area (Å²) in [4.78, 5) is 0. The number of aromatic hydroxyl groups is 1. The lowest BCUT2D eigenvalue weighted by molar-refractivity contribution is 0.477. The average Bonchev–Trinajstić information content (AvgIpc) is 2.70. The zero-order valence-corrected chi connectivity index (χ0v) is 13.8. The zero-order chi connectivity index (χ0) is 17.1. The van der Waals surface area contributed by atoms with E-state index in [1.807, 2.05) is 72.8 Å². The predicted octanol–water partition coefficient (Wildman–Crippen LogP) is 6.39. The van der Waals surface area contributed by atoms with Gasteiger partial charge in [-0.25, -0.2) is 0 Å². The lowest BCUT2D eigenvalue weighted by atomic mass is 9.87. The van der Waals surface area contributed by atoms with E-state index in [4.69, 9.17) is 0 Å². The van der Waals surface area contributed by atoms with E-state index in [-0.39, 0.29) is 0 Å². The maximum Gasteiger partial charge on any atom is 0.124 e. The number of rotatable bonds is 3. The van der Waals surface area contributed by atoms with E-state index in [1.165, 1.54) is 0 Å². The van der Waals surface area contributed by atoms with Gasteiger partial charge in [0.05, 0.1) is 0 Å². The summed E-state index contributed by atoms with van der Waals surface area (Å²) in [5.41, 5.74) is 6.28.